The average molecular weight is 398 g/mol. The number of benzene rings is 2. The number of hydrogen-bond donors (Lipinski definition) is 2. The maximum Gasteiger partial charge on any atom is 0.319 e. The van der Waals surface area contributed by atoms with Crippen LogP contribution in [0.3, 0.4) is 0 Å². The van der Waals surface area contributed by atoms with E-state index < -0.39 is 33.5 Å². The Kier molecular flexibility index (Phi) is 5.14. The molecule has 0 saturated heterocycles. The van der Waals surface area contributed by atoms with Crippen LogP contribution in [-0.2, 0) is 9.84 Å². The third-order valence-corrected chi connectivity index (χ3v) is 6.07. The van der Waals surface area contributed by atoms with E-state index in [1.807, 2.05) is 0 Å². The lowest BCUT2D eigenvalue weighted by molar-refractivity contribution is 0.0971. The van der Waals surface area contributed by atoms with Gasteiger partial charge < -0.3 is 10.6 Å². The van der Waals surface area contributed by atoms with E-state index in [0.717, 1.165) is 12.1 Å². The Hall–Kier alpha value is -2.55. The van der Waals surface area contributed by atoms with Gasteiger partial charge in [-0.3, -0.25) is 0 Å². The predicted octanol–water partition coefficient (Wildman–Crippen LogP) is 3.83. The van der Waals surface area contributed by atoms with Crippen LogP contribution >= 0.6 is 0 Å². The molecule has 1 fully saturated rings. The van der Waals surface area contributed by atoms with Crippen LogP contribution < -0.4 is 10.6 Å². The molecule has 1 atom stereocenters. The van der Waals surface area contributed by atoms with Gasteiger partial charge in [-0.25, -0.2) is 26.4 Å². The number of rotatable bonds is 6. The van der Waals surface area contributed by atoms with Gasteiger partial charge >= 0.3 is 6.03 Å². The van der Waals surface area contributed by atoms with Crippen molar-refractivity contribution in [3.8, 4) is 0 Å². The van der Waals surface area contributed by atoms with E-state index in [9.17, 15) is 26.4 Å². The zero-order valence-electron chi connectivity index (χ0n) is 14.1. The summed E-state index contributed by atoms with van der Waals surface area (Å²) >= 11 is 0. The second-order valence-corrected chi connectivity index (χ2v) is 8.26. The van der Waals surface area contributed by atoms with Crippen LogP contribution in [0.4, 0.5) is 23.7 Å². The van der Waals surface area contributed by atoms with Crippen LogP contribution in [-0.4, -0.2) is 26.9 Å². The molecule has 0 radical (unpaired) electrons. The molecule has 1 aliphatic rings. The van der Waals surface area contributed by atoms with Crippen LogP contribution in [0.5, 0.6) is 0 Å². The molecular formula is C18H17F3N2O3S. The van der Waals surface area contributed by atoms with Gasteiger partial charge in [0.05, 0.1) is 9.79 Å². The van der Waals surface area contributed by atoms with E-state index in [2.05, 4.69) is 10.6 Å². The van der Waals surface area contributed by atoms with E-state index in [0.29, 0.717) is 5.69 Å². The number of sulfone groups is 1. The van der Waals surface area contributed by atoms with Crippen LogP contribution in [0.1, 0.15) is 12.8 Å². The van der Waals surface area contributed by atoms with Gasteiger partial charge in [0.2, 0.25) is 9.84 Å². The number of nitrogens with one attached hydrogen (secondary N) is 2. The summed E-state index contributed by atoms with van der Waals surface area (Å²) in [6, 6.07) is 9.36. The van der Waals surface area contributed by atoms with Crippen molar-refractivity contribution in [2.45, 2.75) is 28.6 Å². The van der Waals surface area contributed by atoms with Crippen molar-refractivity contribution in [3.05, 3.63) is 54.3 Å². The molecule has 27 heavy (non-hydrogen) atoms. The molecule has 1 unspecified atom stereocenters. The lowest BCUT2D eigenvalue weighted by Gasteiger charge is -2.09. The smallest absolute Gasteiger partial charge is 0.319 e. The SMILES string of the molecule is O=C(NCCC1CC1(F)F)Nc1ccc(S(=O)(=O)c2ccc(F)cc2)cc1. The van der Waals surface area contributed by atoms with Gasteiger partial charge in [0.15, 0.2) is 0 Å². The first-order valence-electron chi connectivity index (χ1n) is 8.22. The fraction of sp³-hybridized carbons (Fsp3) is 0.278. The number of carbonyl (C=O) groups excluding carboxylic acids is 1. The van der Waals surface area contributed by atoms with Gasteiger partial charge in [-0.2, -0.15) is 0 Å². The van der Waals surface area contributed by atoms with Crippen molar-refractivity contribution >= 4 is 21.6 Å². The lowest BCUT2D eigenvalue weighted by Crippen LogP contribution is -2.30. The van der Waals surface area contributed by atoms with Gasteiger partial charge in [-0.15, -0.1) is 0 Å². The van der Waals surface area contributed by atoms with Gasteiger partial charge in [0.25, 0.3) is 5.92 Å². The summed E-state index contributed by atoms with van der Waals surface area (Å²) in [5, 5.41) is 4.98. The zero-order chi connectivity index (χ0) is 19.7. The molecule has 0 aliphatic heterocycles. The van der Waals surface area contributed by atoms with Crippen molar-refractivity contribution in [2.24, 2.45) is 5.92 Å². The zero-order valence-corrected chi connectivity index (χ0v) is 14.9. The summed E-state index contributed by atoms with van der Waals surface area (Å²) in [4.78, 5) is 11.7. The molecule has 0 spiro atoms. The Morgan fingerprint density at radius 1 is 1.04 bits per heavy atom. The van der Waals surface area contributed by atoms with E-state index in [1.165, 1.54) is 36.4 Å². The van der Waals surface area contributed by atoms with E-state index >= 15 is 0 Å². The molecule has 2 aromatic carbocycles. The van der Waals surface area contributed by atoms with E-state index in [1.54, 1.807) is 0 Å². The Morgan fingerprint density at radius 3 is 2.07 bits per heavy atom. The Labute approximate surface area is 154 Å². The van der Waals surface area contributed by atoms with Gasteiger partial charge in [-0.05, 0) is 55.0 Å². The molecule has 144 valence electrons. The summed E-state index contributed by atoms with van der Waals surface area (Å²) in [6.45, 7) is 0.128. The highest BCUT2D eigenvalue weighted by Crippen LogP contribution is 2.50. The predicted molar refractivity (Wildman–Crippen MR) is 93.0 cm³/mol. The topological polar surface area (TPSA) is 75.3 Å². The number of urea groups is 1. The monoisotopic (exact) mass is 398 g/mol. The summed E-state index contributed by atoms with van der Waals surface area (Å²) in [5.41, 5.74) is 0.349. The van der Waals surface area contributed by atoms with Gasteiger partial charge in [0.1, 0.15) is 5.82 Å². The van der Waals surface area contributed by atoms with E-state index in [-0.39, 0.29) is 29.2 Å². The highest BCUT2D eigenvalue weighted by atomic mass is 32.2. The number of hydrogen-bond acceptors (Lipinski definition) is 3. The first kappa shape index (κ1) is 19.2. The largest absolute Gasteiger partial charge is 0.338 e. The highest BCUT2D eigenvalue weighted by molar-refractivity contribution is 7.91. The molecule has 5 nitrogen and oxygen atoms in total. The average Bonchev–Trinajstić information content (AvgIpc) is 3.22. The van der Waals surface area contributed by atoms with Crippen molar-refractivity contribution in [1.29, 1.82) is 0 Å². The molecule has 3 rings (SSSR count). The molecule has 2 aromatic rings. The minimum atomic E-state index is -3.79. The normalized spacial score (nSPS) is 18.0. The number of halogens is 3. The van der Waals surface area contributed by atoms with Crippen molar-refractivity contribution in [2.75, 3.05) is 11.9 Å². The second kappa shape index (κ2) is 7.22. The summed E-state index contributed by atoms with van der Waals surface area (Å²) in [7, 11) is -3.79. The summed E-state index contributed by atoms with van der Waals surface area (Å²) in [6.07, 6.45) is 0.0650. The quantitative estimate of drug-likeness (QED) is 0.727. The number of amides is 2. The van der Waals surface area contributed by atoms with Gasteiger partial charge in [-0.1, -0.05) is 0 Å². The fourth-order valence-electron chi connectivity index (χ4n) is 2.59. The molecule has 2 amide bonds. The Balaban J connectivity index is 1.56. The van der Waals surface area contributed by atoms with Crippen LogP contribution in [0.15, 0.2) is 58.3 Å². The van der Waals surface area contributed by atoms with Crippen LogP contribution in [0, 0.1) is 11.7 Å². The third kappa shape index (κ3) is 4.60. The number of alkyl halides is 2. The lowest BCUT2D eigenvalue weighted by atomic mass is 10.3. The van der Waals surface area contributed by atoms with E-state index in [4.69, 9.17) is 0 Å². The molecular weight excluding hydrogens is 381 g/mol. The molecule has 9 heteroatoms. The Bertz CT molecular complexity index is 929. The first-order valence-corrected chi connectivity index (χ1v) is 9.70. The summed E-state index contributed by atoms with van der Waals surface area (Å²) in [5.74, 6) is -3.82. The molecule has 0 bridgehead atoms. The van der Waals surface area contributed by atoms with Crippen LogP contribution in [0.25, 0.3) is 0 Å². The number of anilines is 1. The third-order valence-electron chi connectivity index (χ3n) is 4.28. The minimum absolute atomic E-state index is 0.00367. The fourth-order valence-corrected chi connectivity index (χ4v) is 3.85. The molecule has 2 N–H and O–H groups in total. The molecule has 1 saturated carbocycles. The Morgan fingerprint density at radius 2 is 1.56 bits per heavy atom. The van der Waals surface area contributed by atoms with Crippen molar-refractivity contribution < 1.29 is 26.4 Å². The number of carbonyl (C=O) groups is 1. The molecule has 0 aromatic heterocycles. The van der Waals surface area contributed by atoms with Crippen molar-refractivity contribution in [1.82, 2.24) is 5.32 Å². The van der Waals surface area contributed by atoms with Crippen molar-refractivity contribution in [3.63, 3.8) is 0 Å². The van der Waals surface area contributed by atoms with Crippen LogP contribution in [0.2, 0.25) is 0 Å². The first-order chi connectivity index (χ1) is 12.7. The maximum absolute atomic E-state index is 12.9. The second-order valence-electron chi connectivity index (χ2n) is 6.31. The standard InChI is InChI=1S/C18H17F3N2O3S/c19-13-1-5-15(6-2-13)27(25,26)16-7-3-14(4-8-16)23-17(24)22-10-9-12-11-18(12,20)21/h1-8,12H,9-11H2,(H2,22,23,24). The van der Waals surface area contributed by atoms with Gasteiger partial charge in [0, 0.05) is 24.6 Å². The molecule has 0 heterocycles. The maximum atomic E-state index is 12.9. The minimum Gasteiger partial charge on any atom is -0.338 e. The molecule has 1 aliphatic carbocycles. The highest BCUT2D eigenvalue weighted by Gasteiger charge is 2.55. The summed E-state index contributed by atoms with van der Waals surface area (Å²) < 4.78 is 63.4.